The van der Waals surface area contributed by atoms with Gasteiger partial charge in [0, 0.05) is 24.5 Å². The maximum atomic E-state index is 13.1. The first-order valence-corrected chi connectivity index (χ1v) is 9.19. The quantitative estimate of drug-likeness (QED) is 0.650. The number of amides is 1. The molecular formula is C19H12F2N4O3S. The van der Waals surface area contributed by atoms with Gasteiger partial charge in [-0.2, -0.15) is 5.26 Å². The lowest BCUT2D eigenvalue weighted by molar-refractivity contribution is -0.286. The minimum Gasteiger partial charge on any atom is -0.395 e. The Bertz CT molecular complexity index is 1130. The number of anilines is 2. The van der Waals surface area contributed by atoms with Crippen molar-refractivity contribution in [1.82, 2.24) is 4.98 Å². The predicted molar refractivity (Wildman–Crippen MR) is 101 cm³/mol. The molecule has 0 radical (unpaired) electrons. The fourth-order valence-corrected chi connectivity index (χ4v) is 3.45. The molecule has 1 aliphatic heterocycles. The van der Waals surface area contributed by atoms with E-state index in [0.717, 1.165) is 5.56 Å². The molecule has 3 aromatic rings. The molecule has 0 aliphatic carbocycles. The highest BCUT2D eigenvalue weighted by Gasteiger charge is 2.43. The molecule has 29 heavy (non-hydrogen) atoms. The third-order valence-corrected chi connectivity index (χ3v) is 4.87. The number of carbonyl (C=O) groups is 1. The fraction of sp³-hybridized carbons (Fsp3) is 0.105. The summed E-state index contributed by atoms with van der Waals surface area (Å²) in [6, 6.07) is 11.2. The smallest absolute Gasteiger partial charge is 0.395 e. The summed E-state index contributed by atoms with van der Waals surface area (Å²) in [7, 11) is 0. The Balaban J connectivity index is 1.44. The Morgan fingerprint density at radius 2 is 2.03 bits per heavy atom. The van der Waals surface area contributed by atoms with Gasteiger partial charge in [-0.1, -0.05) is 0 Å². The summed E-state index contributed by atoms with van der Waals surface area (Å²) in [5, 5.41) is 16.5. The van der Waals surface area contributed by atoms with Crippen LogP contribution < -0.4 is 20.1 Å². The maximum Gasteiger partial charge on any atom is 0.586 e. The number of nitriles is 1. The van der Waals surface area contributed by atoms with E-state index in [2.05, 4.69) is 25.1 Å². The van der Waals surface area contributed by atoms with Crippen LogP contribution in [0.5, 0.6) is 11.5 Å². The molecule has 1 amide bonds. The van der Waals surface area contributed by atoms with E-state index in [-0.39, 0.29) is 11.5 Å². The average Bonchev–Trinajstić information content (AvgIpc) is 3.28. The molecule has 146 valence electrons. The van der Waals surface area contributed by atoms with Crippen molar-refractivity contribution in [1.29, 1.82) is 5.26 Å². The molecule has 1 aromatic carbocycles. The van der Waals surface area contributed by atoms with E-state index >= 15 is 0 Å². The molecule has 2 N–H and O–H groups in total. The normalized spacial score (nSPS) is 13.6. The van der Waals surface area contributed by atoms with Gasteiger partial charge in [0.25, 0.3) is 5.91 Å². The van der Waals surface area contributed by atoms with Crippen LogP contribution in [0.25, 0.3) is 0 Å². The Morgan fingerprint density at radius 3 is 2.86 bits per heavy atom. The van der Waals surface area contributed by atoms with Gasteiger partial charge in [0.2, 0.25) is 0 Å². The third-order valence-electron chi connectivity index (χ3n) is 3.95. The van der Waals surface area contributed by atoms with Crippen LogP contribution in [0.1, 0.15) is 20.9 Å². The molecule has 10 heteroatoms. The molecule has 0 spiro atoms. The first kappa shape index (κ1) is 18.6. The number of nitrogens with zero attached hydrogens (tertiary/aromatic N) is 2. The highest BCUT2D eigenvalue weighted by atomic mass is 32.1. The summed E-state index contributed by atoms with van der Waals surface area (Å²) in [6.45, 7) is 0.396. The SMILES string of the molecule is N#Cc1cc(CNc2ccsc2C(=O)Nc2ccc3c(c2)OC(F)(F)O3)ccn1. The van der Waals surface area contributed by atoms with Crippen LogP contribution in [0.4, 0.5) is 20.2 Å². The van der Waals surface area contributed by atoms with Gasteiger partial charge in [-0.15, -0.1) is 20.1 Å². The number of aromatic nitrogens is 1. The first-order chi connectivity index (χ1) is 13.9. The van der Waals surface area contributed by atoms with Gasteiger partial charge in [0.1, 0.15) is 16.6 Å². The van der Waals surface area contributed by atoms with Crippen LogP contribution in [0, 0.1) is 11.3 Å². The standard InChI is InChI=1S/C19H12F2N4O3S/c20-19(21)27-15-2-1-12(8-16(15)28-19)25-18(26)17-14(4-6-29-17)24-10-11-3-5-23-13(7-11)9-22/h1-8,24H,10H2,(H,25,26). The number of nitrogens with one attached hydrogen (secondary N) is 2. The van der Waals surface area contributed by atoms with Gasteiger partial charge in [0.15, 0.2) is 11.5 Å². The molecule has 7 nitrogen and oxygen atoms in total. The molecule has 2 aromatic heterocycles. The highest BCUT2D eigenvalue weighted by Crippen LogP contribution is 2.42. The Labute approximate surface area is 167 Å². The summed E-state index contributed by atoms with van der Waals surface area (Å²) < 4.78 is 35.0. The van der Waals surface area contributed by atoms with Crippen LogP contribution in [0.15, 0.2) is 48.0 Å². The van der Waals surface area contributed by atoms with E-state index in [1.807, 2.05) is 6.07 Å². The van der Waals surface area contributed by atoms with E-state index in [9.17, 15) is 13.6 Å². The number of ether oxygens (including phenoxy) is 2. The molecule has 0 fully saturated rings. The van der Waals surface area contributed by atoms with Crippen LogP contribution in [-0.4, -0.2) is 17.2 Å². The molecule has 0 saturated carbocycles. The Morgan fingerprint density at radius 1 is 1.21 bits per heavy atom. The summed E-state index contributed by atoms with van der Waals surface area (Å²) in [5.74, 6) is -0.649. The summed E-state index contributed by atoms with van der Waals surface area (Å²) >= 11 is 1.23. The number of fused-ring (bicyclic) bond motifs is 1. The second-order valence-electron chi connectivity index (χ2n) is 5.96. The van der Waals surface area contributed by atoms with Crippen molar-refractivity contribution in [2.75, 3.05) is 10.6 Å². The highest BCUT2D eigenvalue weighted by molar-refractivity contribution is 7.12. The van der Waals surface area contributed by atoms with Crippen LogP contribution >= 0.6 is 11.3 Å². The van der Waals surface area contributed by atoms with Gasteiger partial charge >= 0.3 is 6.29 Å². The molecule has 1 aliphatic rings. The predicted octanol–water partition coefficient (Wildman–Crippen LogP) is 4.20. The van der Waals surface area contributed by atoms with Crippen LogP contribution in [0.3, 0.4) is 0 Å². The third kappa shape index (κ3) is 4.09. The second kappa shape index (κ2) is 7.37. The van der Waals surface area contributed by atoms with E-state index in [1.54, 1.807) is 29.8 Å². The number of hydrogen-bond donors (Lipinski definition) is 2. The van der Waals surface area contributed by atoms with Crippen LogP contribution in [-0.2, 0) is 6.54 Å². The van der Waals surface area contributed by atoms with E-state index in [1.165, 1.54) is 29.5 Å². The lowest BCUT2D eigenvalue weighted by Crippen LogP contribution is -2.25. The number of halogens is 2. The molecule has 0 unspecified atom stereocenters. The van der Waals surface area contributed by atoms with E-state index in [0.29, 0.717) is 28.5 Å². The minimum atomic E-state index is -3.71. The number of hydrogen-bond acceptors (Lipinski definition) is 7. The van der Waals surface area contributed by atoms with Crippen molar-refractivity contribution < 1.29 is 23.0 Å². The largest absolute Gasteiger partial charge is 0.586 e. The van der Waals surface area contributed by atoms with Gasteiger partial charge in [0.05, 0.1) is 5.69 Å². The number of rotatable bonds is 5. The Kier molecular flexibility index (Phi) is 4.74. The molecule has 0 saturated heterocycles. The Hall–Kier alpha value is -3.71. The zero-order chi connectivity index (χ0) is 20.4. The van der Waals surface area contributed by atoms with Gasteiger partial charge in [-0.25, -0.2) is 4.98 Å². The number of pyridine rings is 1. The van der Waals surface area contributed by atoms with E-state index in [4.69, 9.17) is 5.26 Å². The topological polar surface area (TPSA) is 96.3 Å². The zero-order valence-electron chi connectivity index (χ0n) is 14.6. The van der Waals surface area contributed by atoms with Crippen molar-refractivity contribution in [2.24, 2.45) is 0 Å². The van der Waals surface area contributed by atoms with Crippen molar-refractivity contribution >= 4 is 28.6 Å². The maximum absolute atomic E-state index is 13.1. The summed E-state index contributed by atoms with van der Waals surface area (Å²) in [4.78, 5) is 17.0. The van der Waals surface area contributed by atoms with Crippen molar-refractivity contribution in [3.8, 4) is 17.6 Å². The molecule has 0 atom stereocenters. The molecular weight excluding hydrogens is 402 g/mol. The van der Waals surface area contributed by atoms with Crippen LogP contribution in [0.2, 0.25) is 0 Å². The molecule has 4 rings (SSSR count). The number of thiophene rings is 1. The fourth-order valence-electron chi connectivity index (χ4n) is 2.68. The van der Waals surface area contributed by atoms with Gasteiger partial charge < -0.3 is 20.1 Å². The van der Waals surface area contributed by atoms with E-state index < -0.39 is 12.2 Å². The van der Waals surface area contributed by atoms with Gasteiger partial charge in [-0.05, 0) is 41.3 Å². The zero-order valence-corrected chi connectivity index (χ0v) is 15.4. The lowest BCUT2D eigenvalue weighted by Gasteiger charge is -2.09. The molecule has 0 bridgehead atoms. The number of carbonyl (C=O) groups excluding carboxylic acids is 1. The lowest BCUT2D eigenvalue weighted by atomic mass is 10.2. The second-order valence-corrected chi connectivity index (χ2v) is 6.88. The summed E-state index contributed by atoms with van der Waals surface area (Å²) in [5.41, 5.74) is 2.05. The van der Waals surface area contributed by atoms with Crippen molar-refractivity contribution in [3.63, 3.8) is 0 Å². The number of benzene rings is 1. The van der Waals surface area contributed by atoms with Gasteiger partial charge in [-0.3, -0.25) is 4.79 Å². The minimum absolute atomic E-state index is 0.0967. The monoisotopic (exact) mass is 414 g/mol. The number of alkyl halides is 2. The summed E-state index contributed by atoms with van der Waals surface area (Å²) in [6.07, 6.45) is -2.17. The average molecular weight is 414 g/mol. The van der Waals surface area contributed by atoms with Crippen molar-refractivity contribution in [2.45, 2.75) is 12.8 Å². The molecule has 3 heterocycles. The first-order valence-electron chi connectivity index (χ1n) is 8.31. The van der Waals surface area contributed by atoms with Crippen molar-refractivity contribution in [3.05, 3.63) is 64.1 Å².